The third-order valence-corrected chi connectivity index (χ3v) is 2.31. The summed E-state index contributed by atoms with van der Waals surface area (Å²) in [6.45, 7) is 8.84. The van der Waals surface area contributed by atoms with E-state index in [1.807, 2.05) is 59.0 Å². The van der Waals surface area contributed by atoms with Gasteiger partial charge in [-0.25, -0.2) is 0 Å². The average Bonchev–Trinajstić information content (AvgIpc) is 2.39. The first-order valence-electron chi connectivity index (χ1n) is 6.12. The number of likely N-dealkylation sites (N-methyl/N-ethyl adjacent to an activating group) is 1. The van der Waals surface area contributed by atoms with Crippen molar-refractivity contribution >= 4 is 5.91 Å². The van der Waals surface area contributed by atoms with E-state index >= 15 is 0 Å². The molecule has 0 aliphatic carbocycles. The van der Waals surface area contributed by atoms with E-state index in [1.165, 1.54) is 5.56 Å². The smallest absolute Gasteiger partial charge is 0.253 e. The number of benzene rings is 1. The van der Waals surface area contributed by atoms with E-state index < -0.39 is 0 Å². The van der Waals surface area contributed by atoms with Crippen LogP contribution in [0.4, 0.5) is 0 Å². The minimum atomic E-state index is 0.150. The van der Waals surface area contributed by atoms with Crippen LogP contribution in [0.2, 0.25) is 0 Å². The van der Waals surface area contributed by atoms with Gasteiger partial charge in [0.05, 0.1) is 0 Å². The first-order valence-corrected chi connectivity index (χ1v) is 6.12. The fourth-order valence-corrected chi connectivity index (χ4v) is 1.54. The predicted molar refractivity (Wildman–Crippen MR) is 69.8 cm³/mol. The fourth-order valence-electron chi connectivity index (χ4n) is 1.54. The second-order valence-corrected chi connectivity index (χ2v) is 3.13. The zero-order chi connectivity index (χ0) is 12.6. The van der Waals surface area contributed by atoms with Crippen molar-refractivity contribution in [2.45, 2.75) is 34.1 Å². The normalized spacial score (nSPS) is 12.8. The number of carbonyl (C=O) groups is 1. The largest absolute Gasteiger partial charge is 0.341 e. The molecule has 0 N–H and O–H groups in total. The molecule has 0 atom stereocenters. The molecular weight excluding hydrogens is 198 g/mol. The van der Waals surface area contributed by atoms with E-state index in [0.29, 0.717) is 0 Å². The number of nitrogens with zero attached hydrogens (tertiary/aromatic N) is 1. The van der Waals surface area contributed by atoms with Crippen LogP contribution < -0.4 is 0 Å². The molecule has 0 unspecified atom stereocenters. The first-order chi connectivity index (χ1) is 7.79. The van der Waals surface area contributed by atoms with Gasteiger partial charge in [0.15, 0.2) is 0 Å². The Labute approximate surface area is 99.3 Å². The lowest BCUT2D eigenvalue weighted by atomic mass is 10.00. The molecular formula is C14H23NO. The maximum atomic E-state index is 11.5. The van der Waals surface area contributed by atoms with Gasteiger partial charge < -0.3 is 4.90 Å². The Hall–Kier alpha value is -1.31. The highest BCUT2D eigenvalue weighted by Gasteiger charge is 2.19. The lowest BCUT2D eigenvalue weighted by Gasteiger charge is -2.24. The molecule has 2 heteroatoms. The van der Waals surface area contributed by atoms with Gasteiger partial charge in [-0.2, -0.15) is 0 Å². The van der Waals surface area contributed by atoms with Crippen LogP contribution in [0.25, 0.3) is 0 Å². The molecule has 0 saturated carbocycles. The van der Waals surface area contributed by atoms with Crippen molar-refractivity contribution < 1.29 is 4.79 Å². The quantitative estimate of drug-likeness (QED) is 0.657. The van der Waals surface area contributed by atoms with Crippen molar-refractivity contribution in [2.75, 3.05) is 13.6 Å². The Morgan fingerprint density at radius 2 is 1.62 bits per heavy atom. The van der Waals surface area contributed by atoms with Crippen LogP contribution in [-0.2, 0) is 6.42 Å². The minimum Gasteiger partial charge on any atom is -0.341 e. The van der Waals surface area contributed by atoms with Gasteiger partial charge >= 0.3 is 0 Å². The van der Waals surface area contributed by atoms with Gasteiger partial charge in [-0.05, 0) is 18.1 Å². The summed E-state index contributed by atoms with van der Waals surface area (Å²) >= 11 is 0. The molecule has 1 aromatic carbocycles. The van der Waals surface area contributed by atoms with E-state index in [1.54, 1.807) is 4.90 Å². The summed E-state index contributed by atoms with van der Waals surface area (Å²) in [4.78, 5) is 13.3. The van der Waals surface area contributed by atoms with E-state index in [4.69, 9.17) is 0 Å². The van der Waals surface area contributed by atoms with E-state index in [0.717, 1.165) is 18.5 Å². The molecule has 0 bridgehead atoms. The monoisotopic (exact) mass is 221 g/mol. The molecule has 0 fully saturated rings. The highest BCUT2D eigenvalue weighted by atomic mass is 16.2. The van der Waals surface area contributed by atoms with Crippen LogP contribution in [0, 0.1) is 0 Å². The maximum absolute atomic E-state index is 11.5. The molecule has 2 rings (SSSR count). The summed E-state index contributed by atoms with van der Waals surface area (Å²) in [6, 6.07) is 7.82. The summed E-state index contributed by atoms with van der Waals surface area (Å²) in [5.41, 5.74) is 2.05. The van der Waals surface area contributed by atoms with Gasteiger partial charge in [0.2, 0.25) is 0 Å². The van der Waals surface area contributed by atoms with Gasteiger partial charge in [-0.3, -0.25) is 4.79 Å². The molecule has 1 aromatic rings. The molecule has 1 heterocycles. The summed E-state index contributed by atoms with van der Waals surface area (Å²) in [5, 5.41) is 0. The molecule has 90 valence electrons. The van der Waals surface area contributed by atoms with Crippen molar-refractivity contribution in [1.82, 2.24) is 4.90 Å². The second-order valence-electron chi connectivity index (χ2n) is 3.13. The van der Waals surface area contributed by atoms with Crippen molar-refractivity contribution in [3.63, 3.8) is 0 Å². The summed E-state index contributed by atoms with van der Waals surface area (Å²) < 4.78 is 0. The van der Waals surface area contributed by atoms with Crippen LogP contribution >= 0.6 is 0 Å². The van der Waals surface area contributed by atoms with Gasteiger partial charge in [-0.1, -0.05) is 45.9 Å². The summed E-state index contributed by atoms with van der Waals surface area (Å²) in [7, 11) is 1.85. The zero-order valence-corrected chi connectivity index (χ0v) is 11.1. The molecule has 1 aliphatic heterocycles. The number of rotatable bonds is 0. The van der Waals surface area contributed by atoms with Gasteiger partial charge in [0.25, 0.3) is 5.91 Å². The summed E-state index contributed by atoms with van der Waals surface area (Å²) in [6.07, 6.45) is 0.985. The van der Waals surface area contributed by atoms with Gasteiger partial charge in [0.1, 0.15) is 0 Å². The Bertz CT molecular complexity index is 320. The van der Waals surface area contributed by atoms with Crippen LogP contribution in [0.15, 0.2) is 24.3 Å². The molecule has 0 radical (unpaired) electrons. The standard InChI is InChI=1S/C10H11NO.2C2H6/c1-11-7-6-8-4-2-3-5-9(8)10(11)12;2*1-2/h2-5H,6-7H2,1H3;2*1-2H3. The van der Waals surface area contributed by atoms with Crippen LogP contribution in [0.5, 0.6) is 0 Å². The number of amides is 1. The first kappa shape index (κ1) is 14.7. The number of fused-ring (bicyclic) bond motifs is 1. The maximum Gasteiger partial charge on any atom is 0.253 e. The van der Waals surface area contributed by atoms with Crippen molar-refractivity contribution in [1.29, 1.82) is 0 Å². The number of carbonyl (C=O) groups excluding carboxylic acids is 1. The lowest BCUT2D eigenvalue weighted by molar-refractivity contribution is 0.0781. The number of hydrogen-bond acceptors (Lipinski definition) is 1. The molecule has 0 spiro atoms. The van der Waals surface area contributed by atoms with Gasteiger partial charge in [0, 0.05) is 19.2 Å². The highest BCUT2D eigenvalue weighted by Crippen LogP contribution is 2.16. The molecule has 16 heavy (non-hydrogen) atoms. The SMILES string of the molecule is CC.CC.CN1CCc2ccccc2C1=O. The van der Waals surface area contributed by atoms with E-state index in [-0.39, 0.29) is 5.91 Å². The van der Waals surface area contributed by atoms with Crippen molar-refractivity contribution in [3.05, 3.63) is 35.4 Å². The van der Waals surface area contributed by atoms with E-state index in [9.17, 15) is 4.79 Å². The van der Waals surface area contributed by atoms with Gasteiger partial charge in [-0.15, -0.1) is 0 Å². The number of hydrogen-bond donors (Lipinski definition) is 0. The average molecular weight is 221 g/mol. The topological polar surface area (TPSA) is 20.3 Å². The third-order valence-electron chi connectivity index (χ3n) is 2.31. The third kappa shape index (κ3) is 3.37. The van der Waals surface area contributed by atoms with Crippen molar-refractivity contribution in [3.8, 4) is 0 Å². The van der Waals surface area contributed by atoms with Crippen LogP contribution in [0.1, 0.15) is 43.6 Å². The fraction of sp³-hybridized carbons (Fsp3) is 0.500. The molecule has 1 amide bonds. The lowest BCUT2D eigenvalue weighted by Crippen LogP contribution is -2.33. The molecule has 2 nitrogen and oxygen atoms in total. The Morgan fingerprint density at radius 3 is 2.25 bits per heavy atom. The zero-order valence-electron chi connectivity index (χ0n) is 11.1. The van der Waals surface area contributed by atoms with Crippen LogP contribution in [-0.4, -0.2) is 24.4 Å². The Kier molecular flexibility index (Phi) is 7.27. The Balaban J connectivity index is 0.000000509. The van der Waals surface area contributed by atoms with Crippen LogP contribution in [0.3, 0.4) is 0 Å². The predicted octanol–water partition coefficient (Wildman–Crippen LogP) is 3.37. The Morgan fingerprint density at radius 1 is 1.06 bits per heavy atom. The second kappa shape index (κ2) is 7.91. The molecule has 0 aromatic heterocycles. The highest BCUT2D eigenvalue weighted by molar-refractivity contribution is 5.96. The molecule has 0 saturated heterocycles. The molecule has 1 aliphatic rings. The summed E-state index contributed by atoms with van der Waals surface area (Å²) in [5.74, 6) is 0.150. The van der Waals surface area contributed by atoms with E-state index in [2.05, 4.69) is 0 Å². The minimum absolute atomic E-state index is 0.150. The van der Waals surface area contributed by atoms with Crippen molar-refractivity contribution in [2.24, 2.45) is 0 Å².